The summed E-state index contributed by atoms with van der Waals surface area (Å²) >= 11 is 0. The van der Waals surface area contributed by atoms with Crippen molar-refractivity contribution in [3.05, 3.63) is 12.7 Å². The Morgan fingerprint density at radius 3 is 2.33 bits per heavy atom. The van der Waals surface area contributed by atoms with Crippen LogP contribution in [0.3, 0.4) is 0 Å². The molecule has 0 spiro atoms. The number of carboxylic acids is 1. The second-order valence-electron chi connectivity index (χ2n) is 5.48. The molecule has 21 heavy (non-hydrogen) atoms. The van der Waals surface area contributed by atoms with E-state index in [-0.39, 0.29) is 19.1 Å². The van der Waals surface area contributed by atoms with E-state index in [1.165, 1.54) is 4.90 Å². The average Bonchev–Trinajstić information content (AvgIpc) is 2.44. The Morgan fingerprint density at radius 2 is 1.86 bits per heavy atom. The number of nitrogens with zero attached hydrogens (tertiary/aromatic N) is 4. The third kappa shape index (κ3) is 6.14. The zero-order chi connectivity index (χ0) is 15.8. The minimum atomic E-state index is -1.00. The molecular weight excluding hydrogens is 272 g/mol. The standard InChI is InChI=1S/C14H26N4O3/c1-4-5-18(12-13(19)20)14(21)17-10-8-16(9-11-17)7-6-15(2)3/h4H,1,5-12H2,2-3H3,(H,19,20). The van der Waals surface area contributed by atoms with Crippen LogP contribution in [0.15, 0.2) is 12.7 Å². The second kappa shape index (κ2) is 8.63. The van der Waals surface area contributed by atoms with E-state index >= 15 is 0 Å². The summed E-state index contributed by atoms with van der Waals surface area (Å²) in [5.41, 5.74) is 0. The average molecular weight is 298 g/mol. The van der Waals surface area contributed by atoms with Crippen LogP contribution in [0.1, 0.15) is 0 Å². The molecule has 0 aromatic heterocycles. The fraction of sp³-hybridized carbons (Fsp3) is 0.714. The number of rotatable bonds is 7. The summed E-state index contributed by atoms with van der Waals surface area (Å²) in [4.78, 5) is 30.6. The molecule has 0 atom stereocenters. The number of urea groups is 1. The van der Waals surface area contributed by atoms with Gasteiger partial charge < -0.3 is 19.8 Å². The Morgan fingerprint density at radius 1 is 1.24 bits per heavy atom. The summed E-state index contributed by atoms with van der Waals surface area (Å²) in [5.74, 6) is -1.00. The lowest BCUT2D eigenvalue weighted by Crippen LogP contribution is -2.54. The minimum Gasteiger partial charge on any atom is -0.480 e. The van der Waals surface area contributed by atoms with E-state index < -0.39 is 5.97 Å². The molecule has 1 rings (SSSR count). The first-order chi connectivity index (χ1) is 9.93. The van der Waals surface area contributed by atoms with Crippen molar-refractivity contribution in [1.82, 2.24) is 19.6 Å². The molecule has 0 radical (unpaired) electrons. The molecular formula is C14H26N4O3. The Labute approximate surface area is 126 Å². The number of carbonyl (C=O) groups is 2. The smallest absolute Gasteiger partial charge is 0.323 e. The first-order valence-electron chi connectivity index (χ1n) is 7.17. The van der Waals surface area contributed by atoms with Crippen LogP contribution >= 0.6 is 0 Å². The van der Waals surface area contributed by atoms with Crippen molar-refractivity contribution >= 4 is 12.0 Å². The molecule has 1 N–H and O–H groups in total. The molecule has 1 saturated heterocycles. The minimum absolute atomic E-state index is 0.218. The van der Waals surface area contributed by atoms with Gasteiger partial charge in [-0.1, -0.05) is 6.08 Å². The highest BCUT2D eigenvalue weighted by Crippen LogP contribution is 2.06. The Hall–Kier alpha value is -1.60. The van der Waals surface area contributed by atoms with Gasteiger partial charge in [-0.3, -0.25) is 9.69 Å². The van der Waals surface area contributed by atoms with Gasteiger partial charge in [0.15, 0.2) is 0 Å². The van der Waals surface area contributed by atoms with Gasteiger partial charge in [-0.05, 0) is 14.1 Å². The van der Waals surface area contributed by atoms with E-state index in [0.29, 0.717) is 13.1 Å². The highest BCUT2D eigenvalue weighted by atomic mass is 16.4. The third-order valence-electron chi connectivity index (χ3n) is 3.45. The molecule has 1 aliphatic rings. The molecule has 0 bridgehead atoms. The topological polar surface area (TPSA) is 67.3 Å². The number of hydrogen-bond donors (Lipinski definition) is 1. The number of piperazine rings is 1. The van der Waals surface area contributed by atoms with Crippen molar-refractivity contribution in [3.8, 4) is 0 Å². The lowest BCUT2D eigenvalue weighted by molar-refractivity contribution is -0.137. The van der Waals surface area contributed by atoms with Crippen LogP contribution in [0.4, 0.5) is 4.79 Å². The van der Waals surface area contributed by atoms with Crippen LogP contribution in [-0.2, 0) is 4.79 Å². The van der Waals surface area contributed by atoms with Crippen molar-refractivity contribution in [2.24, 2.45) is 0 Å². The van der Waals surface area contributed by atoms with Gasteiger partial charge in [0.2, 0.25) is 0 Å². The van der Waals surface area contributed by atoms with Crippen molar-refractivity contribution < 1.29 is 14.7 Å². The van der Waals surface area contributed by atoms with Gasteiger partial charge in [-0.15, -0.1) is 6.58 Å². The molecule has 0 unspecified atom stereocenters. The van der Waals surface area contributed by atoms with Crippen LogP contribution in [0.5, 0.6) is 0 Å². The summed E-state index contributed by atoms with van der Waals surface area (Å²) in [6, 6.07) is -0.218. The van der Waals surface area contributed by atoms with Crippen molar-refractivity contribution in [2.75, 3.05) is 66.5 Å². The molecule has 0 saturated carbocycles. The summed E-state index contributed by atoms with van der Waals surface area (Å²) < 4.78 is 0. The molecule has 0 aromatic carbocycles. The molecule has 1 fully saturated rings. The normalized spacial score (nSPS) is 16.0. The first kappa shape index (κ1) is 17.5. The zero-order valence-electron chi connectivity index (χ0n) is 13.0. The van der Waals surface area contributed by atoms with Gasteiger partial charge in [0.25, 0.3) is 0 Å². The highest BCUT2D eigenvalue weighted by molar-refractivity contribution is 5.80. The fourth-order valence-corrected chi connectivity index (χ4v) is 2.23. The maximum absolute atomic E-state index is 12.3. The van der Waals surface area contributed by atoms with Crippen LogP contribution in [0.25, 0.3) is 0 Å². The molecule has 7 heteroatoms. The van der Waals surface area contributed by atoms with E-state index in [1.54, 1.807) is 11.0 Å². The molecule has 0 aliphatic carbocycles. The van der Waals surface area contributed by atoms with Crippen molar-refractivity contribution in [3.63, 3.8) is 0 Å². The number of aliphatic carboxylic acids is 1. The fourth-order valence-electron chi connectivity index (χ4n) is 2.23. The van der Waals surface area contributed by atoms with E-state index in [1.807, 2.05) is 14.1 Å². The Kier molecular flexibility index (Phi) is 7.18. The lowest BCUT2D eigenvalue weighted by Gasteiger charge is -2.37. The highest BCUT2D eigenvalue weighted by Gasteiger charge is 2.25. The van der Waals surface area contributed by atoms with Gasteiger partial charge in [0.1, 0.15) is 6.54 Å². The maximum atomic E-state index is 12.3. The quantitative estimate of drug-likeness (QED) is 0.663. The lowest BCUT2D eigenvalue weighted by atomic mass is 10.3. The number of amides is 2. The second-order valence-corrected chi connectivity index (χ2v) is 5.48. The van der Waals surface area contributed by atoms with Crippen LogP contribution in [-0.4, -0.2) is 103 Å². The van der Waals surface area contributed by atoms with Gasteiger partial charge in [0.05, 0.1) is 0 Å². The number of hydrogen-bond acceptors (Lipinski definition) is 4. The van der Waals surface area contributed by atoms with E-state index in [4.69, 9.17) is 5.11 Å². The Bertz CT molecular complexity index is 365. The van der Waals surface area contributed by atoms with Gasteiger partial charge in [-0.25, -0.2) is 4.79 Å². The van der Waals surface area contributed by atoms with E-state index in [9.17, 15) is 9.59 Å². The van der Waals surface area contributed by atoms with Crippen LogP contribution in [0, 0.1) is 0 Å². The Balaban J connectivity index is 2.45. The predicted octanol–water partition coefficient (Wildman–Crippen LogP) is -0.142. The van der Waals surface area contributed by atoms with Gasteiger partial charge >= 0.3 is 12.0 Å². The molecule has 120 valence electrons. The summed E-state index contributed by atoms with van der Waals surface area (Å²) in [7, 11) is 4.08. The van der Waals surface area contributed by atoms with Crippen molar-refractivity contribution in [2.45, 2.75) is 0 Å². The monoisotopic (exact) mass is 298 g/mol. The summed E-state index contributed by atoms with van der Waals surface area (Å²) in [6.45, 7) is 8.45. The van der Waals surface area contributed by atoms with Crippen LogP contribution < -0.4 is 0 Å². The zero-order valence-corrected chi connectivity index (χ0v) is 13.0. The molecule has 1 heterocycles. The molecule has 7 nitrogen and oxygen atoms in total. The number of likely N-dealkylation sites (N-methyl/N-ethyl adjacent to an activating group) is 1. The summed E-state index contributed by atoms with van der Waals surface area (Å²) in [6.07, 6.45) is 1.55. The predicted molar refractivity (Wildman–Crippen MR) is 81.4 cm³/mol. The molecule has 2 amide bonds. The third-order valence-corrected chi connectivity index (χ3v) is 3.45. The van der Waals surface area contributed by atoms with E-state index in [2.05, 4.69) is 16.4 Å². The molecule has 0 aromatic rings. The van der Waals surface area contributed by atoms with E-state index in [0.717, 1.165) is 26.2 Å². The number of carboxylic acid groups (broad SMARTS) is 1. The maximum Gasteiger partial charge on any atom is 0.323 e. The number of carbonyl (C=O) groups excluding carboxylic acids is 1. The summed E-state index contributed by atoms with van der Waals surface area (Å²) in [5, 5.41) is 8.86. The SMILES string of the molecule is C=CCN(CC(=O)O)C(=O)N1CCN(CCN(C)C)CC1. The van der Waals surface area contributed by atoms with Crippen molar-refractivity contribution in [1.29, 1.82) is 0 Å². The van der Waals surface area contributed by atoms with Crippen LogP contribution in [0.2, 0.25) is 0 Å². The largest absolute Gasteiger partial charge is 0.480 e. The van der Waals surface area contributed by atoms with Gasteiger partial charge in [0, 0.05) is 45.8 Å². The first-order valence-corrected chi connectivity index (χ1v) is 7.17. The molecule has 1 aliphatic heterocycles. The van der Waals surface area contributed by atoms with Gasteiger partial charge in [-0.2, -0.15) is 0 Å².